The Morgan fingerprint density at radius 3 is 1.68 bits per heavy atom. The number of unbranched alkanes of at least 4 members (excludes halogenated alkanes) is 1. The van der Waals surface area contributed by atoms with E-state index in [0.29, 0.717) is 82.0 Å². The number of hydrogen-bond donors (Lipinski definition) is 5. The molecule has 6 saturated heterocycles. The molecule has 1 aromatic rings. The maximum Gasteiger partial charge on any atom is 0.315 e. The lowest BCUT2D eigenvalue weighted by Crippen LogP contribution is -2.63. The molecule has 1 aromatic heterocycles. The van der Waals surface area contributed by atoms with E-state index in [2.05, 4.69) is 16.0 Å². The molecule has 0 saturated carbocycles. The summed E-state index contributed by atoms with van der Waals surface area (Å²) >= 11 is 1.88. The number of urea groups is 1. The van der Waals surface area contributed by atoms with E-state index < -0.39 is 36.1 Å². The molecule has 7 atom stereocenters. The van der Waals surface area contributed by atoms with Crippen LogP contribution in [0.5, 0.6) is 0 Å². The van der Waals surface area contributed by atoms with Gasteiger partial charge in [-0.05, 0) is 26.7 Å². The number of aliphatic hydroxyl groups is 2. The van der Waals surface area contributed by atoms with Gasteiger partial charge in [0, 0.05) is 84.0 Å². The van der Waals surface area contributed by atoms with Crippen molar-refractivity contribution in [3.8, 4) is 0 Å². The van der Waals surface area contributed by atoms with Crippen LogP contribution in [0, 0.1) is 0 Å². The van der Waals surface area contributed by atoms with Crippen molar-refractivity contribution in [1.82, 2.24) is 55.0 Å². The summed E-state index contributed by atoms with van der Waals surface area (Å²) in [6.45, 7) is 5.24. The molecule has 0 aliphatic carbocycles. The van der Waals surface area contributed by atoms with E-state index in [4.69, 9.17) is 15.0 Å². The van der Waals surface area contributed by atoms with Crippen molar-refractivity contribution in [2.75, 3.05) is 120 Å². The van der Waals surface area contributed by atoms with E-state index in [1.54, 1.807) is 9.80 Å². The number of nitrogens with one attached hydrogen (secondary N) is 3. The fourth-order valence-corrected chi connectivity index (χ4v) is 10.5. The number of nitrogens with zero attached hydrogens (tertiary/aromatic N) is 11. The molecule has 0 unspecified atom stereocenters. The Morgan fingerprint density at radius 2 is 1.21 bits per heavy atom. The van der Waals surface area contributed by atoms with Crippen LogP contribution in [0.25, 0.3) is 0 Å². The Bertz CT molecular complexity index is 1790. The number of carbonyl (C=O) groups is 7. The molecule has 6 aliphatic heterocycles. The number of anilines is 3. The number of aromatic nitrogens is 3. The molecule has 6 aliphatic rings. The largest absolute Gasteiger partial charge is 0.391 e. The van der Waals surface area contributed by atoms with Crippen LogP contribution in [0.3, 0.4) is 0 Å². The maximum atomic E-state index is 13.4. The van der Waals surface area contributed by atoms with E-state index >= 15 is 0 Å². The SMILES string of the molecule is C[C@@H](O)[C@H]1C(=O)N(CC(=O)N2CCN(c3nc(NCCCC[C@@H]4SC[C@@H]5NC(=O)N[C@@H]54)nc(N4CCN(C(=O)CN5CC(=O)N(C)[C@@H]([C@@H](C)O)C5=O)CC4)n3)CC2)CC(=O)N1C. The summed E-state index contributed by atoms with van der Waals surface area (Å²) in [4.78, 5) is 116. The number of rotatable bonds is 14. The summed E-state index contributed by atoms with van der Waals surface area (Å²) < 4.78 is 0. The minimum absolute atomic E-state index is 0.104. The van der Waals surface area contributed by atoms with Crippen LogP contribution >= 0.6 is 11.8 Å². The predicted molar refractivity (Wildman–Crippen MR) is 225 cm³/mol. The van der Waals surface area contributed by atoms with Gasteiger partial charge in [0.25, 0.3) is 0 Å². The smallest absolute Gasteiger partial charge is 0.315 e. The van der Waals surface area contributed by atoms with E-state index in [-0.39, 0.29) is 67.9 Å². The molecule has 340 valence electrons. The molecule has 23 nitrogen and oxygen atoms in total. The van der Waals surface area contributed by atoms with E-state index in [1.807, 2.05) is 21.6 Å². The van der Waals surface area contributed by atoms with Gasteiger partial charge in [0.05, 0.1) is 24.3 Å². The highest BCUT2D eigenvalue weighted by Crippen LogP contribution is 2.33. The average molecular weight is 887 g/mol. The number of fused-ring (bicyclic) bond motifs is 1. The zero-order valence-corrected chi connectivity index (χ0v) is 36.5. The number of aliphatic hydroxyl groups excluding tert-OH is 2. The molecule has 0 spiro atoms. The van der Waals surface area contributed by atoms with E-state index in [1.165, 1.54) is 47.5 Å². The first-order valence-electron chi connectivity index (χ1n) is 21.3. The topological polar surface area (TPSA) is 261 Å². The van der Waals surface area contributed by atoms with Gasteiger partial charge in [0.15, 0.2) is 0 Å². The number of piperazine rings is 4. The van der Waals surface area contributed by atoms with Gasteiger partial charge in [-0.1, -0.05) is 6.42 Å². The van der Waals surface area contributed by atoms with Crippen molar-refractivity contribution < 1.29 is 43.8 Å². The number of hydrogen-bond acceptors (Lipinski definition) is 16. The number of thioether (sulfide) groups is 1. The second-order valence-electron chi connectivity index (χ2n) is 16.8. The lowest BCUT2D eigenvalue weighted by atomic mass is 10.0. The van der Waals surface area contributed by atoms with Gasteiger partial charge in [-0.2, -0.15) is 26.7 Å². The predicted octanol–water partition coefficient (Wildman–Crippen LogP) is -3.98. The molecule has 7 heterocycles. The van der Waals surface area contributed by atoms with Crippen LogP contribution < -0.4 is 25.8 Å². The molecule has 8 amide bonds. The number of likely N-dealkylation sites (N-methyl/N-ethyl adjacent to an activating group) is 2. The summed E-state index contributed by atoms with van der Waals surface area (Å²) in [6, 6.07) is -1.90. The third-order valence-corrected chi connectivity index (χ3v) is 14.1. The molecule has 24 heteroatoms. The van der Waals surface area contributed by atoms with Gasteiger partial charge < -0.3 is 65.4 Å². The lowest BCUT2D eigenvalue weighted by molar-refractivity contribution is -0.160. The molecular formula is C38H58N14O9S. The van der Waals surface area contributed by atoms with Crippen LogP contribution in [0.4, 0.5) is 22.6 Å². The summed E-state index contributed by atoms with van der Waals surface area (Å²) in [5, 5.41) is 30.0. The second kappa shape index (κ2) is 19.0. The average Bonchev–Trinajstić information content (AvgIpc) is 3.80. The molecule has 5 N–H and O–H groups in total. The van der Waals surface area contributed by atoms with Gasteiger partial charge >= 0.3 is 6.03 Å². The summed E-state index contributed by atoms with van der Waals surface area (Å²) in [5.41, 5.74) is 0. The third-order valence-electron chi connectivity index (χ3n) is 12.5. The van der Waals surface area contributed by atoms with Gasteiger partial charge in [-0.3, -0.25) is 28.8 Å². The first-order chi connectivity index (χ1) is 29.6. The molecular weight excluding hydrogens is 829 g/mol. The zero-order chi connectivity index (χ0) is 44.4. The van der Waals surface area contributed by atoms with Crippen LogP contribution in [0.2, 0.25) is 0 Å². The van der Waals surface area contributed by atoms with Crippen molar-refractivity contribution in [3.63, 3.8) is 0 Å². The van der Waals surface area contributed by atoms with Crippen molar-refractivity contribution in [2.24, 2.45) is 0 Å². The van der Waals surface area contributed by atoms with Crippen LogP contribution in [0.15, 0.2) is 0 Å². The van der Waals surface area contributed by atoms with Gasteiger partial charge in [0.1, 0.15) is 38.3 Å². The summed E-state index contributed by atoms with van der Waals surface area (Å²) in [5.74, 6) is -0.193. The fraction of sp³-hybridized carbons (Fsp3) is 0.737. The van der Waals surface area contributed by atoms with Crippen molar-refractivity contribution in [3.05, 3.63) is 0 Å². The van der Waals surface area contributed by atoms with Gasteiger partial charge in [0.2, 0.25) is 53.3 Å². The Labute approximate surface area is 363 Å². The molecule has 6 fully saturated rings. The molecule has 0 bridgehead atoms. The minimum atomic E-state index is -1.09. The Hall–Kier alpha value is -5.23. The highest BCUT2D eigenvalue weighted by Gasteiger charge is 2.44. The zero-order valence-electron chi connectivity index (χ0n) is 35.6. The Morgan fingerprint density at radius 1 is 0.726 bits per heavy atom. The molecule has 0 radical (unpaired) electrons. The standard InChI is InChI=1S/C38H58N14O9S/c1-22(53)31-33(59)51(17-26(55)45(31)3)19-28(57)47-9-13-49(14-10-47)36-42-35(39-8-6-5-7-25-30-24(21-62-25)40-38(61)41-30)43-37(44-36)50-15-11-48(12-16-50)29(58)20-52-18-27(56)46(4)32(23(2)54)34(52)60/h22-25,30-32,53-54H,5-21H2,1-4H3,(H2,40,41,61)(H,39,42,43,44)/t22-,23-,24+,25+,30+,31+,32+/m1/s1. The molecule has 62 heavy (non-hydrogen) atoms. The minimum Gasteiger partial charge on any atom is -0.391 e. The first kappa shape index (κ1) is 44.8. The third kappa shape index (κ3) is 9.70. The van der Waals surface area contributed by atoms with E-state index in [0.717, 1.165) is 25.0 Å². The van der Waals surface area contributed by atoms with Gasteiger partial charge in [-0.25, -0.2) is 4.79 Å². The van der Waals surface area contributed by atoms with Gasteiger partial charge in [-0.15, -0.1) is 0 Å². The molecule has 0 aromatic carbocycles. The maximum absolute atomic E-state index is 13.4. The normalized spacial score (nSPS) is 26.8. The van der Waals surface area contributed by atoms with E-state index in [9.17, 15) is 43.8 Å². The Balaban J connectivity index is 0.971. The van der Waals surface area contributed by atoms with Crippen LogP contribution in [-0.2, 0) is 28.8 Å². The van der Waals surface area contributed by atoms with Crippen LogP contribution in [-0.4, -0.2) is 243 Å². The number of carbonyl (C=O) groups excluding carboxylic acids is 7. The second-order valence-corrected chi connectivity index (χ2v) is 18.1. The van der Waals surface area contributed by atoms with Crippen molar-refractivity contribution >= 4 is 71.1 Å². The molecule has 7 rings (SSSR count). The number of amides is 8. The Kier molecular flexibility index (Phi) is 13.8. The van der Waals surface area contributed by atoms with Crippen LogP contribution in [0.1, 0.15) is 33.1 Å². The highest BCUT2D eigenvalue weighted by molar-refractivity contribution is 8.00. The fourth-order valence-electron chi connectivity index (χ4n) is 8.92. The summed E-state index contributed by atoms with van der Waals surface area (Å²) in [6.07, 6.45) is 0.542. The highest BCUT2D eigenvalue weighted by atomic mass is 32.2. The monoisotopic (exact) mass is 886 g/mol. The lowest BCUT2D eigenvalue weighted by Gasteiger charge is -2.41. The first-order valence-corrected chi connectivity index (χ1v) is 22.3. The van der Waals surface area contributed by atoms with Crippen molar-refractivity contribution in [1.29, 1.82) is 0 Å². The summed E-state index contributed by atoms with van der Waals surface area (Å²) in [7, 11) is 2.93. The van der Waals surface area contributed by atoms with Crippen molar-refractivity contribution in [2.45, 2.75) is 74.7 Å². The quantitative estimate of drug-likeness (QED) is 0.0882.